The van der Waals surface area contributed by atoms with Crippen LogP contribution in [-0.4, -0.2) is 0 Å². The Bertz CT molecular complexity index is 181. The van der Waals surface area contributed by atoms with Crippen LogP contribution >= 0.6 is 20.8 Å². The Morgan fingerprint density at radius 2 is 1.78 bits per heavy atom. The van der Waals surface area contributed by atoms with Crippen molar-refractivity contribution in [3.63, 3.8) is 0 Å². The lowest BCUT2D eigenvalue weighted by Crippen LogP contribution is -1.72. The fourth-order valence-electron chi connectivity index (χ4n) is 0.620. The minimum atomic E-state index is 0.803. The zero-order chi connectivity index (χ0) is 6.69. The maximum absolute atomic E-state index is 5.66. The maximum atomic E-state index is 5.66. The van der Waals surface area contributed by atoms with E-state index in [2.05, 4.69) is 9.24 Å². The normalized spacial score (nSPS) is 9.56. The van der Waals surface area contributed by atoms with E-state index in [4.69, 9.17) is 11.6 Å². The van der Waals surface area contributed by atoms with Crippen molar-refractivity contribution in [2.45, 2.75) is 6.16 Å². The second-order valence-corrected chi connectivity index (χ2v) is 2.68. The first kappa shape index (κ1) is 7.05. The smallest absolute Gasteiger partial charge is 0.0406 e. The average Bonchev–Trinajstić information content (AvgIpc) is 1.90. The molecule has 0 radical (unpaired) electrons. The van der Waals surface area contributed by atoms with Crippen LogP contribution in [0, 0.1) is 0 Å². The minimum absolute atomic E-state index is 0.803. The molecule has 2 heteroatoms. The molecule has 1 atom stereocenters. The van der Waals surface area contributed by atoms with E-state index >= 15 is 0 Å². The summed E-state index contributed by atoms with van der Waals surface area (Å²) in [4.78, 5) is 0. The van der Waals surface area contributed by atoms with E-state index in [9.17, 15) is 0 Å². The molecule has 0 aliphatic carbocycles. The molecule has 0 aromatic heterocycles. The first-order valence-electron chi connectivity index (χ1n) is 2.77. The van der Waals surface area contributed by atoms with Crippen LogP contribution in [0.15, 0.2) is 24.3 Å². The summed E-state index contributed by atoms with van der Waals surface area (Å²) in [7, 11) is 2.67. The van der Waals surface area contributed by atoms with Crippen molar-refractivity contribution in [1.29, 1.82) is 0 Å². The number of benzene rings is 1. The first-order valence-corrected chi connectivity index (χ1v) is 3.97. The predicted molar refractivity (Wildman–Crippen MR) is 44.9 cm³/mol. The van der Waals surface area contributed by atoms with Crippen molar-refractivity contribution in [1.82, 2.24) is 0 Å². The highest BCUT2D eigenvalue weighted by Gasteiger charge is 1.86. The highest BCUT2D eigenvalue weighted by molar-refractivity contribution is 7.15. The topological polar surface area (TPSA) is 0 Å². The molecule has 1 aromatic rings. The molecule has 48 valence electrons. The Balaban J connectivity index is 2.88. The molecule has 0 bridgehead atoms. The fraction of sp³-hybridized carbons (Fsp3) is 0.143. The van der Waals surface area contributed by atoms with Gasteiger partial charge < -0.3 is 0 Å². The van der Waals surface area contributed by atoms with Gasteiger partial charge in [-0.3, -0.25) is 0 Å². The quantitative estimate of drug-likeness (QED) is 0.552. The highest BCUT2D eigenvalue weighted by atomic mass is 35.5. The molecule has 0 saturated carbocycles. The van der Waals surface area contributed by atoms with Crippen LogP contribution in [0.1, 0.15) is 5.56 Å². The summed E-state index contributed by atoms with van der Waals surface area (Å²) in [6.45, 7) is 0. The summed E-state index contributed by atoms with van der Waals surface area (Å²) in [6.07, 6.45) is 0.997. The van der Waals surface area contributed by atoms with E-state index in [-0.39, 0.29) is 0 Å². The zero-order valence-corrected chi connectivity index (χ0v) is 6.88. The number of halogens is 1. The largest absolute Gasteiger partial charge is 0.133 e. The lowest BCUT2D eigenvalue weighted by Gasteiger charge is -1.93. The molecular formula is C7H8ClP. The van der Waals surface area contributed by atoms with E-state index in [0.29, 0.717) is 0 Å². The molecule has 1 unspecified atom stereocenters. The van der Waals surface area contributed by atoms with Crippen LogP contribution in [-0.2, 0) is 6.16 Å². The van der Waals surface area contributed by atoms with Gasteiger partial charge in [0.1, 0.15) is 0 Å². The van der Waals surface area contributed by atoms with Crippen molar-refractivity contribution < 1.29 is 0 Å². The van der Waals surface area contributed by atoms with Gasteiger partial charge in [0.25, 0.3) is 0 Å². The number of hydrogen-bond acceptors (Lipinski definition) is 0. The summed E-state index contributed by atoms with van der Waals surface area (Å²) in [6, 6.07) is 7.85. The molecule has 1 aromatic carbocycles. The van der Waals surface area contributed by atoms with Crippen LogP contribution in [0.3, 0.4) is 0 Å². The van der Waals surface area contributed by atoms with Gasteiger partial charge in [0.2, 0.25) is 0 Å². The second kappa shape index (κ2) is 3.20. The van der Waals surface area contributed by atoms with Crippen LogP contribution in [0.4, 0.5) is 0 Å². The van der Waals surface area contributed by atoms with Crippen LogP contribution in [0.2, 0.25) is 5.02 Å². The summed E-state index contributed by atoms with van der Waals surface area (Å²) in [5, 5.41) is 0.803. The Hall–Kier alpha value is -0.0600. The summed E-state index contributed by atoms with van der Waals surface area (Å²) >= 11 is 5.66. The molecule has 0 amide bonds. The van der Waals surface area contributed by atoms with Gasteiger partial charge in [0.15, 0.2) is 0 Å². The molecule has 0 N–H and O–H groups in total. The predicted octanol–water partition coefficient (Wildman–Crippen LogP) is 2.72. The molecule has 0 spiro atoms. The van der Waals surface area contributed by atoms with E-state index in [1.807, 2.05) is 24.3 Å². The van der Waals surface area contributed by atoms with Gasteiger partial charge in [-0.25, -0.2) is 0 Å². The van der Waals surface area contributed by atoms with Crippen molar-refractivity contribution in [2.24, 2.45) is 0 Å². The Labute approximate surface area is 62.4 Å². The molecular weight excluding hydrogens is 151 g/mol. The van der Waals surface area contributed by atoms with Crippen molar-refractivity contribution in [2.75, 3.05) is 0 Å². The maximum Gasteiger partial charge on any atom is 0.0406 e. The van der Waals surface area contributed by atoms with Gasteiger partial charge in [-0.15, -0.1) is 9.24 Å². The van der Waals surface area contributed by atoms with Gasteiger partial charge in [-0.1, -0.05) is 23.7 Å². The molecule has 0 fully saturated rings. The third kappa shape index (κ3) is 1.97. The van der Waals surface area contributed by atoms with Crippen molar-refractivity contribution >= 4 is 20.8 Å². The van der Waals surface area contributed by atoms with Crippen molar-refractivity contribution in [3.05, 3.63) is 34.9 Å². The summed E-state index contributed by atoms with van der Waals surface area (Å²) < 4.78 is 0. The van der Waals surface area contributed by atoms with E-state index < -0.39 is 0 Å². The van der Waals surface area contributed by atoms with Crippen molar-refractivity contribution in [3.8, 4) is 0 Å². The Kier molecular flexibility index (Phi) is 2.50. The third-order valence-electron chi connectivity index (χ3n) is 1.15. The van der Waals surface area contributed by atoms with Gasteiger partial charge >= 0.3 is 0 Å². The van der Waals surface area contributed by atoms with Gasteiger partial charge in [0, 0.05) is 5.02 Å². The molecule has 0 saturated heterocycles. The molecule has 9 heavy (non-hydrogen) atoms. The monoisotopic (exact) mass is 158 g/mol. The zero-order valence-electron chi connectivity index (χ0n) is 4.97. The lowest BCUT2D eigenvalue weighted by atomic mass is 10.2. The van der Waals surface area contributed by atoms with Gasteiger partial charge in [-0.05, 0) is 23.9 Å². The Morgan fingerprint density at radius 3 is 2.22 bits per heavy atom. The van der Waals surface area contributed by atoms with Gasteiger partial charge in [0.05, 0.1) is 0 Å². The molecule has 0 nitrogen and oxygen atoms in total. The van der Waals surface area contributed by atoms with E-state index in [1.165, 1.54) is 5.56 Å². The number of hydrogen-bond donors (Lipinski definition) is 0. The standard InChI is InChI=1S/C7H8ClP/c8-7-3-1-6(5-9)2-4-7/h1-4H,5,9H2. The SMILES string of the molecule is PCc1ccc(Cl)cc1. The van der Waals surface area contributed by atoms with E-state index in [1.54, 1.807) is 0 Å². The molecule has 0 aliphatic heterocycles. The molecule has 0 heterocycles. The fourth-order valence-corrected chi connectivity index (χ4v) is 1.02. The first-order chi connectivity index (χ1) is 4.33. The second-order valence-electron chi connectivity index (χ2n) is 1.83. The van der Waals surface area contributed by atoms with E-state index in [0.717, 1.165) is 11.2 Å². The van der Waals surface area contributed by atoms with Crippen LogP contribution in [0.25, 0.3) is 0 Å². The third-order valence-corrected chi connectivity index (χ3v) is 1.87. The molecule has 0 aliphatic rings. The summed E-state index contributed by atoms with van der Waals surface area (Å²) in [5.74, 6) is 0. The minimum Gasteiger partial charge on any atom is -0.133 e. The van der Waals surface area contributed by atoms with Crippen LogP contribution in [0.5, 0.6) is 0 Å². The highest BCUT2D eigenvalue weighted by Crippen LogP contribution is 2.11. The van der Waals surface area contributed by atoms with Gasteiger partial charge in [-0.2, -0.15) is 0 Å². The number of rotatable bonds is 1. The summed E-state index contributed by atoms with van der Waals surface area (Å²) in [5.41, 5.74) is 1.30. The average molecular weight is 159 g/mol. The Morgan fingerprint density at radius 1 is 1.22 bits per heavy atom. The van der Waals surface area contributed by atoms with Crippen LogP contribution < -0.4 is 0 Å². The lowest BCUT2D eigenvalue weighted by molar-refractivity contribution is 1.42. The molecule has 1 rings (SSSR count).